The van der Waals surface area contributed by atoms with Crippen LogP contribution in [0.1, 0.15) is 30.0 Å². The Hall–Kier alpha value is -3.03. The molecule has 1 fully saturated rings. The van der Waals surface area contributed by atoms with E-state index in [4.69, 9.17) is 0 Å². The smallest absolute Gasteiger partial charge is 0.357 e. The van der Waals surface area contributed by atoms with E-state index in [9.17, 15) is 18.0 Å². The summed E-state index contributed by atoms with van der Waals surface area (Å²) in [5, 5.41) is 6.41. The Kier molecular flexibility index (Phi) is 8.14. The number of hydrogen-bond donors (Lipinski definition) is 2. The van der Waals surface area contributed by atoms with Crippen LogP contribution in [0, 0.1) is 5.92 Å². The molecule has 1 saturated heterocycles. The first-order valence-corrected chi connectivity index (χ1v) is 10.8. The van der Waals surface area contributed by atoms with Crippen molar-refractivity contribution in [2.24, 2.45) is 10.9 Å². The summed E-state index contributed by atoms with van der Waals surface area (Å²) >= 11 is 0. The van der Waals surface area contributed by atoms with Gasteiger partial charge in [0.05, 0.1) is 12.1 Å². The first-order chi connectivity index (χ1) is 15.3. The van der Waals surface area contributed by atoms with Crippen molar-refractivity contribution in [1.29, 1.82) is 0 Å². The summed E-state index contributed by atoms with van der Waals surface area (Å²) in [6.45, 7) is 4.89. The average Bonchev–Trinajstić information content (AvgIpc) is 3.14. The van der Waals surface area contributed by atoms with E-state index in [0.29, 0.717) is 44.1 Å². The molecular weight excluding hydrogens is 417 g/mol. The van der Waals surface area contributed by atoms with Crippen LogP contribution in [-0.2, 0) is 23.9 Å². The monoisotopic (exact) mass is 446 g/mol. The number of aliphatic imine (C=N–C) groups is 1. The summed E-state index contributed by atoms with van der Waals surface area (Å²) in [4.78, 5) is 18.7. The molecule has 0 radical (unpaired) electrons. The van der Waals surface area contributed by atoms with Crippen LogP contribution < -0.4 is 10.6 Å². The zero-order valence-corrected chi connectivity index (χ0v) is 18.2. The summed E-state index contributed by atoms with van der Waals surface area (Å²) in [7, 11) is 0. The van der Waals surface area contributed by atoms with Crippen LogP contribution >= 0.6 is 0 Å². The number of hydrogen-bond acceptors (Lipinski definition) is 2. The van der Waals surface area contributed by atoms with E-state index in [2.05, 4.69) is 27.8 Å². The van der Waals surface area contributed by atoms with Gasteiger partial charge in [-0.1, -0.05) is 42.5 Å². The lowest BCUT2D eigenvalue weighted by atomic mass is 10.1. The van der Waals surface area contributed by atoms with Crippen LogP contribution in [0.3, 0.4) is 0 Å². The van der Waals surface area contributed by atoms with Crippen molar-refractivity contribution in [2.45, 2.75) is 32.5 Å². The highest BCUT2D eigenvalue weighted by atomic mass is 19.4. The van der Waals surface area contributed by atoms with Crippen molar-refractivity contribution in [3.8, 4) is 0 Å². The third-order valence-electron chi connectivity index (χ3n) is 5.41. The van der Waals surface area contributed by atoms with Gasteiger partial charge in [-0.15, -0.1) is 0 Å². The lowest BCUT2D eigenvalue weighted by molar-refractivity contribution is -0.137. The highest BCUT2D eigenvalue weighted by Crippen LogP contribution is 2.29. The van der Waals surface area contributed by atoms with Gasteiger partial charge in [0.15, 0.2) is 5.96 Å². The maximum atomic E-state index is 12.7. The molecule has 0 aromatic heterocycles. The summed E-state index contributed by atoms with van der Waals surface area (Å²) in [5.41, 5.74) is 1.24. The Labute approximate surface area is 186 Å². The fourth-order valence-electron chi connectivity index (χ4n) is 3.67. The van der Waals surface area contributed by atoms with E-state index in [1.54, 1.807) is 0 Å². The number of nitrogens with one attached hydrogen (secondary N) is 2. The van der Waals surface area contributed by atoms with E-state index in [1.807, 2.05) is 30.0 Å². The summed E-state index contributed by atoms with van der Waals surface area (Å²) in [6, 6.07) is 15.1. The van der Waals surface area contributed by atoms with Gasteiger partial charge in [0, 0.05) is 38.5 Å². The molecule has 0 saturated carbocycles. The molecule has 1 aliphatic rings. The Balaban J connectivity index is 1.49. The third kappa shape index (κ3) is 7.00. The van der Waals surface area contributed by atoms with Gasteiger partial charge in [-0.2, -0.15) is 13.2 Å². The Morgan fingerprint density at radius 1 is 1.06 bits per heavy atom. The third-order valence-corrected chi connectivity index (χ3v) is 5.41. The molecule has 1 unspecified atom stereocenters. The van der Waals surface area contributed by atoms with Gasteiger partial charge < -0.3 is 15.5 Å². The second-order valence-electron chi connectivity index (χ2n) is 7.92. The number of alkyl halides is 3. The van der Waals surface area contributed by atoms with E-state index >= 15 is 0 Å². The van der Waals surface area contributed by atoms with Crippen LogP contribution in [0.25, 0.3) is 0 Å². The number of carbonyl (C=O) groups excluding carboxylic acids is 1. The zero-order valence-electron chi connectivity index (χ0n) is 18.2. The van der Waals surface area contributed by atoms with Crippen molar-refractivity contribution in [3.05, 3.63) is 71.3 Å². The predicted molar refractivity (Wildman–Crippen MR) is 119 cm³/mol. The summed E-state index contributed by atoms with van der Waals surface area (Å²) in [6.07, 6.45) is -3.00. The van der Waals surface area contributed by atoms with Crippen molar-refractivity contribution < 1.29 is 18.0 Å². The van der Waals surface area contributed by atoms with Crippen LogP contribution in [0.15, 0.2) is 59.6 Å². The quantitative estimate of drug-likeness (QED) is 0.478. The van der Waals surface area contributed by atoms with Crippen molar-refractivity contribution >= 4 is 11.9 Å². The van der Waals surface area contributed by atoms with Gasteiger partial charge in [0.25, 0.3) is 0 Å². The first kappa shape index (κ1) is 23.6. The number of likely N-dealkylation sites (tertiary alicyclic amines) is 1. The van der Waals surface area contributed by atoms with Crippen LogP contribution in [0.5, 0.6) is 0 Å². The molecule has 0 bridgehead atoms. The van der Waals surface area contributed by atoms with Crippen LogP contribution in [-0.4, -0.2) is 42.9 Å². The normalized spacial score (nSPS) is 17.0. The van der Waals surface area contributed by atoms with Gasteiger partial charge in [-0.25, -0.2) is 4.99 Å². The summed E-state index contributed by atoms with van der Waals surface area (Å²) < 4.78 is 38.1. The average molecular weight is 447 g/mol. The zero-order chi connectivity index (χ0) is 23.0. The van der Waals surface area contributed by atoms with E-state index in [-0.39, 0.29) is 18.4 Å². The van der Waals surface area contributed by atoms with E-state index in [0.717, 1.165) is 18.6 Å². The highest BCUT2D eigenvalue weighted by Gasteiger charge is 2.30. The van der Waals surface area contributed by atoms with E-state index in [1.165, 1.54) is 17.7 Å². The molecule has 1 atom stereocenters. The fourth-order valence-corrected chi connectivity index (χ4v) is 3.67. The summed E-state index contributed by atoms with van der Waals surface area (Å²) in [5.74, 6) is 0.940. The molecule has 2 aromatic rings. The van der Waals surface area contributed by atoms with Gasteiger partial charge >= 0.3 is 6.18 Å². The Morgan fingerprint density at radius 2 is 1.78 bits per heavy atom. The van der Waals surface area contributed by atoms with Crippen molar-refractivity contribution in [3.63, 3.8) is 0 Å². The topological polar surface area (TPSA) is 56.7 Å². The number of carbonyl (C=O) groups is 1. The van der Waals surface area contributed by atoms with Crippen LogP contribution in [0.4, 0.5) is 13.2 Å². The minimum absolute atomic E-state index is 0.166. The standard InChI is InChI=1S/C24H29F3N4O/c1-2-28-23(29-15-19-8-10-21(11-9-19)24(25,26)27)30-16-20-14-22(32)31(17-20)13-12-18-6-4-3-5-7-18/h3-11,20H,2,12-17H2,1H3,(H2,28,29,30). The minimum Gasteiger partial charge on any atom is -0.357 e. The Morgan fingerprint density at radius 3 is 2.44 bits per heavy atom. The number of halogens is 3. The molecule has 2 aromatic carbocycles. The second-order valence-corrected chi connectivity index (χ2v) is 7.92. The molecule has 3 rings (SSSR count). The number of amides is 1. The van der Waals surface area contributed by atoms with Crippen molar-refractivity contribution in [1.82, 2.24) is 15.5 Å². The van der Waals surface area contributed by atoms with Gasteiger partial charge in [-0.05, 0) is 36.6 Å². The predicted octanol–water partition coefficient (Wildman–Crippen LogP) is 3.85. The number of guanidine groups is 1. The molecule has 1 heterocycles. The molecule has 8 heteroatoms. The van der Waals surface area contributed by atoms with Crippen LogP contribution in [0.2, 0.25) is 0 Å². The molecule has 32 heavy (non-hydrogen) atoms. The number of rotatable bonds is 8. The molecule has 0 spiro atoms. The van der Waals surface area contributed by atoms with Gasteiger partial charge in [0.1, 0.15) is 0 Å². The molecule has 0 aliphatic carbocycles. The SMILES string of the molecule is CCNC(=NCc1ccc(C(F)(F)F)cc1)NCC1CC(=O)N(CCc2ccccc2)C1. The Bertz CT molecular complexity index is 898. The molecular formula is C24H29F3N4O. The lowest BCUT2D eigenvalue weighted by Crippen LogP contribution is -2.40. The first-order valence-electron chi connectivity index (χ1n) is 10.8. The fraction of sp³-hybridized carbons (Fsp3) is 0.417. The van der Waals surface area contributed by atoms with Gasteiger partial charge in [0.2, 0.25) is 5.91 Å². The maximum absolute atomic E-state index is 12.7. The van der Waals surface area contributed by atoms with Gasteiger partial charge in [-0.3, -0.25) is 4.79 Å². The van der Waals surface area contributed by atoms with Crippen molar-refractivity contribution in [2.75, 3.05) is 26.2 Å². The molecule has 2 N–H and O–H groups in total. The van der Waals surface area contributed by atoms with E-state index < -0.39 is 11.7 Å². The largest absolute Gasteiger partial charge is 0.416 e. The number of benzene rings is 2. The highest BCUT2D eigenvalue weighted by molar-refractivity contribution is 5.81. The molecule has 5 nitrogen and oxygen atoms in total. The number of nitrogens with zero attached hydrogens (tertiary/aromatic N) is 2. The second kappa shape index (κ2) is 11.0. The molecule has 1 aliphatic heterocycles. The molecule has 172 valence electrons. The minimum atomic E-state index is -4.34. The molecule has 1 amide bonds. The maximum Gasteiger partial charge on any atom is 0.416 e. The lowest BCUT2D eigenvalue weighted by Gasteiger charge is -2.18.